The van der Waals surface area contributed by atoms with Gasteiger partial charge >= 0.3 is 0 Å². The van der Waals surface area contributed by atoms with Crippen LogP contribution in [0.3, 0.4) is 0 Å². The van der Waals surface area contributed by atoms with E-state index in [-0.39, 0.29) is 27.1 Å². The van der Waals surface area contributed by atoms with Gasteiger partial charge in [0.1, 0.15) is 10.9 Å². The van der Waals surface area contributed by atoms with Crippen LogP contribution in [0.15, 0.2) is 53.4 Å². The molecule has 2 aromatic rings. The number of anilines is 1. The van der Waals surface area contributed by atoms with Crippen molar-refractivity contribution in [3.8, 4) is 0 Å². The van der Waals surface area contributed by atoms with Crippen molar-refractivity contribution in [1.82, 2.24) is 9.62 Å². The number of nitrogens with zero attached hydrogens (tertiary/aromatic N) is 1. The summed E-state index contributed by atoms with van der Waals surface area (Å²) in [5.74, 6) is -1.26. The lowest BCUT2D eigenvalue weighted by molar-refractivity contribution is -0.118. The Labute approximate surface area is 176 Å². The molecule has 156 valence electrons. The molecule has 0 aromatic heterocycles. The van der Waals surface area contributed by atoms with Crippen molar-refractivity contribution in [1.29, 1.82) is 0 Å². The molecule has 9 heteroatoms. The lowest BCUT2D eigenvalue weighted by Crippen LogP contribution is -2.47. The van der Waals surface area contributed by atoms with Gasteiger partial charge in [0.05, 0.1) is 16.3 Å². The number of hydrogen-bond donors (Lipinski definition) is 2. The molecule has 0 bridgehead atoms. The van der Waals surface area contributed by atoms with Crippen molar-refractivity contribution in [3.05, 3.63) is 59.1 Å². The van der Waals surface area contributed by atoms with Gasteiger partial charge in [-0.1, -0.05) is 49.7 Å². The maximum atomic E-state index is 12.9. The van der Waals surface area contributed by atoms with E-state index < -0.39 is 27.9 Å². The Balaban J connectivity index is 2.28. The van der Waals surface area contributed by atoms with Gasteiger partial charge in [-0.25, -0.2) is 12.7 Å². The van der Waals surface area contributed by atoms with Crippen LogP contribution >= 0.6 is 11.6 Å². The van der Waals surface area contributed by atoms with Crippen molar-refractivity contribution in [2.24, 2.45) is 5.92 Å². The molecule has 0 saturated heterocycles. The van der Waals surface area contributed by atoms with Crippen LogP contribution in [0, 0.1) is 5.92 Å². The molecule has 2 rings (SSSR count). The molecular weight excluding hydrogens is 414 g/mol. The fourth-order valence-corrected chi connectivity index (χ4v) is 3.86. The van der Waals surface area contributed by atoms with E-state index in [0.717, 1.165) is 4.31 Å². The third-order valence-electron chi connectivity index (χ3n) is 4.26. The molecule has 2 N–H and O–H groups in total. The minimum atomic E-state index is -3.76. The zero-order chi connectivity index (χ0) is 21.8. The predicted molar refractivity (Wildman–Crippen MR) is 113 cm³/mol. The first-order valence-electron chi connectivity index (χ1n) is 8.93. The number of halogens is 1. The second kappa shape index (κ2) is 9.39. The maximum Gasteiger partial charge on any atom is 0.253 e. The zero-order valence-corrected chi connectivity index (χ0v) is 18.2. The summed E-state index contributed by atoms with van der Waals surface area (Å²) < 4.78 is 26.1. The number of nitrogens with one attached hydrogen (secondary N) is 2. The second-order valence-electron chi connectivity index (χ2n) is 6.95. The lowest BCUT2D eigenvalue weighted by Gasteiger charge is -2.23. The summed E-state index contributed by atoms with van der Waals surface area (Å²) in [5, 5.41) is 5.58. The number of benzene rings is 2. The summed E-state index contributed by atoms with van der Waals surface area (Å²) in [5.41, 5.74) is 0.395. The highest BCUT2D eigenvalue weighted by molar-refractivity contribution is 7.89. The molecule has 0 heterocycles. The lowest BCUT2D eigenvalue weighted by atomic mass is 10.0. The number of carbonyl (C=O) groups is 2. The number of para-hydroxylation sites is 1. The Bertz CT molecular complexity index is 1010. The first-order valence-corrected chi connectivity index (χ1v) is 10.7. The first-order chi connectivity index (χ1) is 13.6. The number of rotatable bonds is 7. The summed E-state index contributed by atoms with van der Waals surface area (Å²) in [6.07, 6.45) is 0. The molecule has 0 aliphatic carbocycles. The van der Waals surface area contributed by atoms with Gasteiger partial charge in [0, 0.05) is 14.1 Å². The topological polar surface area (TPSA) is 95.6 Å². The van der Waals surface area contributed by atoms with Crippen LogP contribution in [-0.2, 0) is 14.8 Å². The Morgan fingerprint density at radius 3 is 2.17 bits per heavy atom. The minimum Gasteiger partial charge on any atom is -0.340 e. The van der Waals surface area contributed by atoms with E-state index in [1.54, 1.807) is 50.2 Å². The fraction of sp³-hybridized carbons (Fsp3) is 0.300. The quantitative estimate of drug-likeness (QED) is 0.696. The zero-order valence-electron chi connectivity index (χ0n) is 16.6. The minimum absolute atomic E-state index is 0.0294. The van der Waals surface area contributed by atoms with Gasteiger partial charge in [-0.2, -0.15) is 0 Å². The molecule has 7 nitrogen and oxygen atoms in total. The van der Waals surface area contributed by atoms with Crippen LogP contribution in [0.1, 0.15) is 24.2 Å². The van der Waals surface area contributed by atoms with Crippen LogP contribution in [0.5, 0.6) is 0 Å². The van der Waals surface area contributed by atoms with Gasteiger partial charge in [-0.15, -0.1) is 0 Å². The van der Waals surface area contributed by atoms with Crippen molar-refractivity contribution >= 4 is 39.1 Å². The number of carbonyl (C=O) groups excluding carboxylic acids is 2. The number of amides is 2. The molecule has 2 aromatic carbocycles. The van der Waals surface area contributed by atoms with E-state index >= 15 is 0 Å². The SMILES string of the molecule is CC(C)C(NC(=O)c1ccccc1Cl)C(=O)Nc1ccccc1S(=O)(=O)N(C)C. The van der Waals surface area contributed by atoms with Gasteiger partial charge in [0.15, 0.2) is 0 Å². The highest BCUT2D eigenvalue weighted by Gasteiger charge is 2.28. The molecule has 0 spiro atoms. The summed E-state index contributed by atoms with van der Waals surface area (Å²) in [7, 11) is -0.934. The second-order valence-corrected chi connectivity index (χ2v) is 9.48. The summed E-state index contributed by atoms with van der Waals surface area (Å²) in [6, 6.07) is 11.7. The molecule has 0 radical (unpaired) electrons. The molecule has 0 saturated carbocycles. The molecule has 0 fully saturated rings. The van der Waals surface area contributed by atoms with E-state index in [1.807, 2.05) is 0 Å². The Morgan fingerprint density at radius 1 is 1.00 bits per heavy atom. The van der Waals surface area contributed by atoms with Crippen molar-refractivity contribution < 1.29 is 18.0 Å². The maximum absolute atomic E-state index is 12.9. The number of sulfonamides is 1. The van der Waals surface area contributed by atoms with Crippen LogP contribution < -0.4 is 10.6 Å². The Kier molecular flexibility index (Phi) is 7.40. The average Bonchev–Trinajstić information content (AvgIpc) is 2.66. The first kappa shape index (κ1) is 22.9. The fourth-order valence-electron chi connectivity index (χ4n) is 2.60. The molecule has 2 amide bonds. The molecule has 1 unspecified atom stereocenters. The van der Waals surface area contributed by atoms with Crippen LogP contribution in [0.4, 0.5) is 5.69 Å². The van der Waals surface area contributed by atoms with Gasteiger partial charge in [0.2, 0.25) is 15.9 Å². The summed E-state index contributed by atoms with van der Waals surface area (Å²) >= 11 is 6.06. The normalized spacial score (nSPS) is 12.7. The highest BCUT2D eigenvalue weighted by atomic mass is 35.5. The van der Waals surface area contributed by atoms with Crippen molar-refractivity contribution in [3.63, 3.8) is 0 Å². The van der Waals surface area contributed by atoms with Crippen molar-refractivity contribution in [2.45, 2.75) is 24.8 Å². The van der Waals surface area contributed by atoms with E-state index in [4.69, 9.17) is 11.6 Å². The predicted octanol–water partition coefficient (Wildman–Crippen LogP) is 2.98. The summed E-state index contributed by atoms with van der Waals surface area (Å²) in [6.45, 7) is 3.55. The Hall–Kier alpha value is -2.42. The molecule has 1 atom stereocenters. The average molecular weight is 438 g/mol. The van der Waals surface area contributed by atoms with Crippen molar-refractivity contribution in [2.75, 3.05) is 19.4 Å². The van der Waals surface area contributed by atoms with E-state index in [1.165, 1.54) is 26.2 Å². The highest BCUT2D eigenvalue weighted by Crippen LogP contribution is 2.24. The van der Waals surface area contributed by atoms with E-state index in [2.05, 4.69) is 10.6 Å². The largest absolute Gasteiger partial charge is 0.340 e. The van der Waals surface area contributed by atoms with Crippen LogP contribution in [0.25, 0.3) is 0 Å². The van der Waals surface area contributed by atoms with Gasteiger partial charge in [0.25, 0.3) is 5.91 Å². The van der Waals surface area contributed by atoms with Gasteiger partial charge in [-0.3, -0.25) is 9.59 Å². The molecular formula is C20H24ClN3O4S. The third kappa shape index (κ3) is 5.35. The number of hydrogen-bond acceptors (Lipinski definition) is 4. The Morgan fingerprint density at radius 2 is 1.59 bits per heavy atom. The van der Waals surface area contributed by atoms with Crippen LogP contribution in [0.2, 0.25) is 5.02 Å². The third-order valence-corrected chi connectivity index (χ3v) is 6.46. The monoisotopic (exact) mass is 437 g/mol. The molecule has 0 aliphatic heterocycles. The summed E-state index contributed by atoms with van der Waals surface area (Å²) in [4.78, 5) is 25.4. The molecule has 0 aliphatic rings. The smallest absolute Gasteiger partial charge is 0.253 e. The van der Waals surface area contributed by atoms with E-state index in [0.29, 0.717) is 0 Å². The standard InChI is InChI=1S/C20H24ClN3O4S/c1-13(2)18(23-19(25)14-9-5-6-10-15(14)21)20(26)22-16-11-7-8-12-17(16)29(27,28)24(3)4/h5-13,18H,1-4H3,(H,22,26)(H,23,25). The molecule has 29 heavy (non-hydrogen) atoms. The van der Waals surface area contributed by atoms with Crippen LogP contribution in [-0.4, -0.2) is 44.7 Å². The van der Waals surface area contributed by atoms with E-state index in [9.17, 15) is 18.0 Å². The van der Waals surface area contributed by atoms with Gasteiger partial charge in [-0.05, 0) is 30.2 Å². The van der Waals surface area contributed by atoms with Gasteiger partial charge < -0.3 is 10.6 Å².